The minimum atomic E-state index is -3.89. The van der Waals surface area contributed by atoms with Crippen LogP contribution in [0, 0.1) is 0 Å². The van der Waals surface area contributed by atoms with Crippen molar-refractivity contribution in [1.82, 2.24) is 0 Å². The van der Waals surface area contributed by atoms with Gasteiger partial charge in [0.25, 0.3) is 0 Å². The summed E-state index contributed by atoms with van der Waals surface area (Å²) >= 11 is 17.5. The number of para-hydroxylation sites is 1. The van der Waals surface area contributed by atoms with Gasteiger partial charge in [-0.1, -0.05) is 104 Å². The fourth-order valence-electron chi connectivity index (χ4n) is 3.72. The highest BCUT2D eigenvalue weighted by Crippen LogP contribution is 2.66. The molecule has 1 aliphatic rings. The summed E-state index contributed by atoms with van der Waals surface area (Å²) in [6.07, 6.45) is 2.30. The standard InChI is InChI=1S/C24H29Cl3NO5P/c1-3-5-15-32-34(30,33-16-6-4-2)22-20-13-8-7-11-18(20)19-12-9-10-14-21(19)28(22)23(29)31-17-24(25,26)27/h7-14,22H,3-6,15-17H2,1-2H3/t22-/m0/s1. The van der Waals surface area contributed by atoms with Crippen LogP contribution in [-0.4, -0.2) is 29.7 Å². The Hall–Kier alpha value is -1.27. The Morgan fingerprint density at radius 3 is 2.09 bits per heavy atom. The fourth-order valence-corrected chi connectivity index (χ4v) is 6.08. The summed E-state index contributed by atoms with van der Waals surface area (Å²) in [5.41, 5.74) is 2.78. The van der Waals surface area contributed by atoms with Crippen LogP contribution in [0.4, 0.5) is 10.5 Å². The van der Waals surface area contributed by atoms with Crippen LogP contribution in [0.25, 0.3) is 11.1 Å². The molecule has 6 nitrogen and oxygen atoms in total. The van der Waals surface area contributed by atoms with E-state index in [1.807, 2.05) is 50.2 Å². The van der Waals surface area contributed by atoms with Gasteiger partial charge in [0.1, 0.15) is 6.61 Å². The highest BCUT2D eigenvalue weighted by Gasteiger charge is 2.49. The summed E-state index contributed by atoms with van der Waals surface area (Å²) in [6, 6.07) is 14.8. The van der Waals surface area contributed by atoms with Gasteiger partial charge in [-0.3, -0.25) is 9.46 Å². The number of rotatable bonds is 10. The molecule has 0 aromatic heterocycles. The molecule has 0 radical (unpaired) electrons. The Bertz CT molecular complexity index is 1020. The summed E-state index contributed by atoms with van der Waals surface area (Å²) < 4.78 is 29.9. The number of alkyl halides is 3. The van der Waals surface area contributed by atoms with E-state index in [0.29, 0.717) is 24.1 Å². The van der Waals surface area contributed by atoms with Crippen molar-refractivity contribution < 1.29 is 23.1 Å². The third kappa shape index (κ3) is 6.48. The third-order valence-corrected chi connectivity index (χ3v) is 7.85. The predicted molar refractivity (Wildman–Crippen MR) is 138 cm³/mol. The molecule has 1 atom stereocenters. The predicted octanol–water partition coefficient (Wildman–Crippen LogP) is 8.51. The first-order valence-electron chi connectivity index (χ1n) is 11.3. The number of amides is 1. The molecule has 186 valence electrons. The summed E-state index contributed by atoms with van der Waals surface area (Å²) in [5.74, 6) is -1.06. The molecule has 10 heteroatoms. The number of unbranched alkanes of at least 4 members (excludes halogenated alkanes) is 2. The van der Waals surface area contributed by atoms with Crippen LogP contribution >= 0.6 is 42.4 Å². The first-order chi connectivity index (χ1) is 16.2. The van der Waals surface area contributed by atoms with Gasteiger partial charge in [-0.25, -0.2) is 4.79 Å². The molecule has 0 unspecified atom stereocenters. The van der Waals surface area contributed by atoms with Gasteiger partial charge in [-0.15, -0.1) is 0 Å². The number of hydrogen-bond acceptors (Lipinski definition) is 5. The number of ether oxygens (including phenoxy) is 1. The molecule has 2 aromatic rings. The van der Waals surface area contributed by atoms with Crippen molar-refractivity contribution in [3.63, 3.8) is 0 Å². The van der Waals surface area contributed by atoms with Crippen LogP contribution in [-0.2, 0) is 18.3 Å². The molecule has 0 fully saturated rings. The van der Waals surface area contributed by atoms with Gasteiger partial charge >= 0.3 is 13.7 Å². The third-order valence-electron chi connectivity index (χ3n) is 5.33. The zero-order chi connectivity index (χ0) is 24.8. The van der Waals surface area contributed by atoms with E-state index in [4.69, 9.17) is 48.6 Å². The minimum absolute atomic E-state index is 0.233. The second-order valence-electron chi connectivity index (χ2n) is 7.93. The zero-order valence-corrected chi connectivity index (χ0v) is 22.4. The molecule has 1 heterocycles. The molecule has 2 aromatic carbocycles. The smallest absolute Gasteiger partial charge is 0.415 e. The normalized spacial score (nSPS) is 15.6. The second kappa shape index (κ2) is 12.1. The Labute approximate surface area is 215 Å². The molecule has 0 aliphatic carbocycles. The van der Waals surface area contributed by atoms with Crippen LogP contribution in [0.15, 0.2) is 48.5 Å². The first kappa shape index (κ1) is 27.3. The number of benzene rings is 2. The molecule has 34 heavy (non-hydrogen) atoms. The van der Waals surface area contributed by atoms with E-state index >= 15 is 0 Å². The van der Waals surface area contributed by atoms with E-state index in [1.165, 1.54) is 4.90 Å². The lowest BCUT2D eigenvalue weighted by Crippen LogP contribution is -2.39. The lowest BCUT2D eigenvalue weighted by atomic mass is 9.93. The molecule has 0 spiro atoms. The second-order valence-corrected chi connectivity index (χ2v) is 12.5. The lowest BCUT2D eigenvalue weighted by Gasteiger charge is -2.40. The van der Waals surface area contributed by atoms with E-state index in [2.05, 4.69) is 0 Å². The molecule has 3 rings (SSSR count). The number of fused-ring (bicyclic) bond motifs is 3. The molecule has 0 N–H and O–H groups in total. The first-order valence-corrected chi connectivity index (χ1v) is 14.1. The minimum Gasteiger partial charge on any atom is -0.445 e. The Kier molecular flexibility index (Phi) is 9.74. The maximum atomic E-state index is 14.4. The van der Waals surface area contributed by atoms with E-state index in [0.717, 1.165) is 24.0 Å². The quantitative estimate of drug-likeness (QED) is 0.169. The molecule has 0 saturated carbocycles. The summed E-state index contributed by atoms with van der Waals surface area (Å²) in [7, 11) is -3.89. The number of hydrogen-bond donors (Lipinski definition) is 0. The van der Waals surface area contributed by atoms with Gasteiger partial charge in [0.2, 0.25) is 3.79 Å². The number of carbonyl (C=O) groups excluding carboxylic acids is 1. The summed E-state index contributed by atoms with van der Waals surface area (Å²) in [5, 5.41) is 0. The van der Waals surface area contributed by atoms with Crippen molar-refractivity contribution in [1.29, 1.82) is 0 Å². The van der Waals surface area contributed by atoms with Crippen molar-refractivity contribution >= 4 is 54.2 Å². The van der Waals surface area contributed by atoms with Gasteiger partial charge in [0, 0.05) is 5.56 Å². The van der Waals surface area contributed by atoms with Crippen LogP contribution < -0.4 is 4.90 Å². The molecular formula is C24H29Cl3NO5P. The van der Waals surface area contributed by atoms with Gasteiger partial charge in [-0.2, -0.15) is 0 Å². The van der Waals surface area contributed by atoms with E-state index in [-0.39, 0.29) is 13.2 Å². The van der Waals surface area contributed by atoms with Crippen LogP contribution in [0.5, 0.6) is 0 Å². The van der Waals surface area contributed by atoms with Crippen molar-refractivity contribution in [2.24, 2.45) is 0 Å². The van der Waals surface area contributed by atoms with E-state index < -0.39 is 29.9 Å². The van der Waals surface area contributed by atoms with E-state index in [1.54, 1.807) is 12.1 Å². The van der Waals surface area contributed by atoms with Crippen molar-refractivity contribution in [2.45, 2.75) is 49.1 Å². The topological polar surface area (TPSA) is 65.1 Å². The fraction of sp³-hybridized carbons (Fsp3) is 0.458. The molecule has 1 amide bonds. The molecular weight excluding hydrogens is 520 g/mol. The van der Waals surface area contributed by atoms with Crippen LogP contribution in [0.2, 0.25) is 0 Å². The van der Waals surface area contributed by atoms with Crippen molar-refractivity contribution in [2.75, 3.05) is 24.7 Å². The maximum absolute atomic E-state index is 14.4. The maximum Gasteiger partial charge on any atom is 0.415 e. The van der Waals surface area contributed by atoms with Gasteiger partial charge in [-0.05, 0) is 30.0 Å². The average molecular weight is 549 g/mol. The number of carbonyl (C=O) groups is 1. The molecule has 0 saturated heterocycles. The van der Waals surface area contributed by atoms with Crippen molar-refractivity contribution in [3.8, 4) is 11.1 Å². The Balaban J connectivity index is 2.14. The zero-order valence-electron chi connectivity index (χ0n) is 19.2. The van der Waals surface area contributed by atoms with Crippen molar-refractivity contribution in [3.05, 3.63) is 54.1 Å². The Morgan fingerprint density at radius 1 is 0.941 bits per heavy atom. The Morgan fingerprint density at radius 2 is 1.50 bits per heavy atom. The van der Waals surface area contributed by atoms with Crippen LogP contribution in [0.1, 0.15) is 50.9 Å². The van der Waals surface area contributed by atoms with Gasteiger partial charge < -0.3 is 13.8 Å². The molecule has 0 bridgehead atoms. The SMILES string of the molecule is CCCCOP(=O)(OCCCC)[C@H]1c2ccccc2-c2ccccc2N1C(=O)OCC(Cl)(Cl)Cl. The van der Waals surface area contributed by atoms with Gasteiger partial charge in [0.15, 0.2) is 5.78 Å². The molecule has 1 aliphatic heterocycles. The average Bonchev–Trinajstić information content (AvgIpc) is 2.81. The monoisotopic (exact) mass is 547 g/mol. The lowest BCUT2D eigenvalue weighted by molar-refractivity contribution is 0.150. The highest BCUT2D eigenvalue weighted by atomic mass is 35.6. The number of nitrogens with zero attached hydrogens (tertiary/aromatic N) is 1. The summed E-state index contributed by atoms with van der Waals surface area (Å²) in [6.45, 7) is 4.02. The van der Waals surface area contributed by atoms with E-state index in [9.17, 15) is 9.36 Å². The number of anilines is 1. The largest absolute Gasteiger partial charge is 0.445 e. The number of halogens is 3. The van der Waals surface area contributed by atoms with Crippen LogP contribution in [0.3, 0.4) is 0 Å². The summed E-state index contributed by atoms with van der Waals surface area (Å²) in [4.78, 5) is 14.7. The van der Waals surface area contributed by atoms with Gasteiger partial charge in [0.05, 0.1) is 18.9 Å². The highest BCUT2D eigenvalue weighted by molar-refractivity contribution is 7.54.